The van der Waals surface area contributed by atoms with E-state index in [1.54, 1.807) is 0 Å². The Labute approximate surface area is 182 Å². The van der Waals surface area contributed by atoms with Gasteiger partial charge in [-0.05, 0) is 43.2 Å². The van der Waals surface area contributed by atoms with E-state index in [0.717, 1.165) is 70.8 Å². The first-order valence-corrected chi connectivity index (χ1v) is 11.7. The predicted octanol–water partition coefficient (Wildman–Crippen LogP) is 3.17. The van der Waals surface area contributed by atoms with Gasteiger partial charge in [0.1, 0.15) is 0 Å². The molecule has 1 heterocycles. The average Bonchev–Trinajstić information content (AvgIpc) is 3.32. The Bertz CT molecular complexity index is 640. The first-order chi connectivity index (χ1) is 14.8. The highest BCUT2D eigenvalue weighted by molar-refractivity contribution is 5.79. The predicted molar refractivity (Wildman–Crippen MR) is 123 cm³/mol. The Hall–Kier alpha value is -1.63. The second kappa shape index (κ2) is 12.9. The fourth-order valence-electron chi connectivity index (χ4n) is 4.62. The topological polar surface area (TPSA) is 58.1 Å². The van der Waals surface area contributed by atoms with Crippen molar-refractivity contribution in [3.63, 3.8) is 0 Å². The van der Waals surface area contributed by atoms with Crippen molar-refractivity contribution in [3.05, 3.63) is 35.4 Å². The van der Waals surface area contributed by atoms with Crippen LogP contribution in [0.5, 0.6) is 0 Å². The summed E-state index contributed by atoms with van der Waals surface area (Å²) in [5.41, 5.74) is 2.70. The molecule has 1 unspecified atom stereocenters. The fourth-order valence-corrected chi connectivity index (χ4v) is 4.62. The SMILES string of the molecule is CCOC(CCNC(=NC)NCc1ccccc1CN1CCOCC1)C1CCCC1. The van der Waals surface area contributed by atoms with Crippen LogP contribution in [0.15, 0.2) is 29.3 Å². The zero-order chi connectivity index (χ0) is 21.0. The number of guanidine groups is 1. The molecule has 2 fully saturated rings. The van der Waals surface area contributed by atoms with Crippen LogP contribution in [0.4, 0.5) is 0 Å². The monoisotopic (exact) mass is 416 g/mol. The molecule has 6 heteroatoms. The third-order valence-corrected chi connectivity index (χ3v) is 6.31. The Morgan fingerprint density at radius 3 is 2.60 bits per heavy atom. The fraction of sp³-hybridized carbons (Fsp3) is 0.708. The number of rotatable bonds is 10. The minimum atomic E-state index is 0.373. The molecule has 1 atom stereocenters. The Morgan fingerprint density at radius 2 is 1.90 bits per heavy atom. The van der Waals surface area contributed by atoms with Crippen LogP contribution < -0.4 is 10.6 Å². The minimum absolute atomic E-state index is 0.373. The molecule has 1 aliphatic heterocycles. The molecule has 30 heavy (non-hydrogen) atoms. The van der Waals surface area contributed by atoms with E-state index in [-0.39, 0.29) is 0 Å². The van der Waals surface area contributed by atoms with Crippen LogP contribution >= 0.6 is 0 Å². The molecule has 0 bridgehead atoms. The van der Waals surface area contributed by atoms with Gasteiger partial charge < -0.3 is 20.1 Å². The van der Waals surface area contributed by atoms with Crippen LogP contribution in [-0.2, 0) is 22.6 Å². The number of nitrogens with one attached hydrogen (secondary N) is 2. The normalized spacial score (nSPS) is 19.7. The highest BCUT2D eigenvalue weighted by Crippen LogP contribution is 2.30. The van der Waals surface area contributed by atoms with Crippen LogP contribution in [0.25, 0.3) is 0 Å². The first-order valence-electron chi connectivity index (χ1n) is 11.7. The van der Waals surface area contributed by atoms with Crippen molar-refractivity contribution >= 4 is 5.96 Å². The van der Waals surface area contributed by atoms with Gasteiger partial charge in [-0.3, -0.25) is 9.89 Å². The number of ether oxygens (including phenoxy) is 2. The van der Waals surface area contributed by atoms with E-state index in [1.165, 1.54) is 36.8 Å². The zero-order valence-corrected chi connectivity index (χ0v) is 18.9. The van der Waals surface area contributed by atoms with Gasteiger partial charge in [-0.1, -0.05) is 37.1 Å². The van der Waals surface area contributed by atoms with Gasteiger partial charge in [0.05, 0.1) is 19.3 Å². The second-order valence-corrected chi connectivity index (χ2v) is 8.34. The average molecular weight is 417 g/mol. The quantitative estimate of drug-likeness (QED) is 0.453. The third kappa shape index (κ3) is 7.25. The summed E-state index contributed by atoms with van der Waals surface area (Å²) in [7, 11) is 1.84. The van der Waals surface area contributed by atoms with Crippen molar-refractivity contribution in [1.82, 2.24) is 15.5 Å². The lowest BCUT2D eigenvalue weighted by Gasteiger charge is -2.27. The molecule has 3 rings (SSSR count). The second-order valence-electron chi connectivity index (χ2n) is 8.34. The van der Waals surface area contributed by atoms with Gasteiger partial charge in [-0.15, -0.1) is 0 Å². The van der Waals surface area contributed by atoms with Gasteiger partial charge in [0.15, 0.2) is 5.96 Å². The molecule has 1 saturated heterocycles. The van der Waals surface area contributed by atoms with Crippen molar-refractivity contribution in [2.75, 3.05) is 46.5 Å². The van der Waals surface area contributed by atoms with Crippen molar-refractivity contribution in [3.8, 4) is 0 Å². The Morgan fingerprint density at radius 1 is 1.17 bits per heavy atom. The molecule has 1 saturated carbocycles. The third-order valence-electron chi connectivity index (χ3n) is 6.31. The molecule has 1 aromatic carbocycles. The van der Waals surface area contributed by atoms with Crippen LogP contribution in [0.3, 0.4) is 0 Å². The van der Waals surface area contributed by atoms with Gasteiger partial charge in [0.25, 0.3) is 0 Å². The van der Waals surface area contributed by atoms with E-state index < -0.39 is 0 Å². The van der Waals surface area contributed by atoms with Crippen molar-refractivity contribution in [2.24, 2.45) is 10.9 Å². The largest absolute Gasteiger partial charge is 0.379 e. The van der Waals surface area contributed by atoms with E-state index in [4.69, 9.17) is 9.47 Å². The summed E-state index contributed by atoms with van der Waals surface area (Å²) in [5, 5.41) is 6.98. The van der Waals surface area contributed by atoms with Crippen LogP contribution in [0.1, 0.15) is 50.2 Å². The molecule has 0 radical (unpaired) electrons. The van der Waals surface area contributed by atoms with Crippen molar-refractivity contribution in [1.29, 1.82) is 0 Å². The summed E-state index contributed by atoms with van der Waals surface area (Å²) in [6.07, 6.45) is 6.75. The van der Waals surface area contributed by atoms with Crippen molar-refractivity contribution < 1.29 is 9.47 Å². The van der Waals surface area contributed by atoms with E-state index in [1.807, 2.05) is 7.05 Å². The lowest BCUT2D eigenvalue weighted by atomic mass is 9.98. The summed E-state index contributed by atoms with van der Waals surface area (Å²) < 4.78 is 11.5. The summed E-state index contributed by atoms with van der Waals surface area (Å²) in [6, 6.07) is 8.69. The van der Waals surface area contributed by atoms with E-state index in [2.05, 4.69) is 51.7 Å². The van der Waals surface area contributed by atoms with Crippen LogP contribution in [-0.4, -0.2) is 63.5 Å². The van der Waals surface area contributed by atoms with Crippen LogP contribution in [0, 0.1) is 5.92 Å². The lowest BCUT2D eigenvalue weighted by Crippen LogP contribution is -2.39. The Kier molecular flexibility index (Phi) is 9.93. The summed E-state index contributed by atoms with van der Waals surface area (Å²) >= 11 is 0. The van der Waals surface area contributed by atoms with Crippen molar-refractivity contribution in [2.45, 2.75) is 58.2 Å². The van der Waals surface area contributed by atoms with E-state index >= 15 is 0 Å². The summed E-state index contributed by atoms with van der Waals surface area (Å²) in [4.78, 5) is 6.88. The number of benzene rings is 1. The molecule has 2 N–H and O–H groups in total. The maximum Gasteiger partial charge on any atom is 0.191 e. The van der Waals surface area contributed by atoms with E-state index in [9.17, 15) is 0 Å². The van der Waals surface area contributed by atoms with Gasteiger partial charge in [0.2, 0.25) is 0 Å². The maximum atomic E-state index is 6.04. The van der Waals surface area contributed by atoms with Gasteiger partial charge in [-0.25, -0.2) is 0 Å². The summed E-state index contributed by atoms with van der Waals surface area (Å²) in [5.74, 6) is 1.59. The first kappa shape index (κ1) is 23.0. The van der Waals surface area contributed by atoms with Gasteiger partial charge in [-0.2, -0.15) is 0 Å². The summed E-state index contributed by atoms with van der Waals surface area (Å²) in [6.45, 7) is 9.22. The Balaban J connectivity index is 1.45. The molecule has 168 valence electrons. The lowest BCUT2D eigenvalue weighted by molar-refractivity contribution is 0.0169. The van der Waals surface area contributed by atoms with E-state index in [0.29, 0.717) is 6.10 Å². The highest BCUT2D eigenvalue weighted by atomic mass is 16.5. The molecule has 0 aromatic heterocycles. The van der Waals surface area contributed by atoms with Gasteiger partial charge >= 0.3 is 0 Å². The number of morpholine rings is 1. The number of hydrogen-bond donors (Lipinski definition) is 2. The number of nitrogens with zero attached hydrogens (tertiary/aromatic N) is 2. The molecular weight excluding hydrogens is 376 g/mol. The highest BCUT2D eigenvalue weighted by Gasteiger charge is 2.25. The zero-order valence-electron chi connectivity index (χ0n) is 18.9. The molecule has 1 aromatic rings. The number of hydrogen-bond acceptors (Lipinski definition) is 4. The van der Waals surface area contributed by atoms with Gasteiger partial charge in [0, 0.05) is 46.4 Å². The molecule has 6 nitrogen and oxygen atoms in total. The smallest absolute Gasteiger partial charge is 0.191 e. The molecule has 2 aliphatic rings. The van der Waals surface area contributed by atoms with Crippen LogP contribution in [0.2, 0.25) is 0 Å². The molecule has 1 aliphatic carbocycles. The standard InChI is InChI=1S/C24H40N4O2/c1-3-30-23(20-8-4-5-9-20)12-13-26-24(25-2)27-18-21-10-6-7-11-22(21)19-28-14-16-29-17-15-28/h6-7,10-11,20,23H,3-5,8-9,12-19H2,1-2H3,(H2,25,26,27). The molecule has 0 amide bonds. The minimum Gasteiger partial charge on any atom is -0.379 e. The number of aliphatic imine (C=N–C) groups is 1. The maximum absolute atomic E-state index is 6.04. The molecule has 0 spiro atoms. The molecular formula is C24H40N4O2.